The van der Waals surface area contributed by atoms with Crippen molar-refractivity contribution in [3.05, 3.63) is 35.9 Å². The Balaban J connectivity index is 1.60. The number of carboxylic acid groups (broad SMARTS) is 1. The molecule has 0 aromatic heterocycles. The summed E-state index contributed by atoms with van der Waals surface area (Å²) in [6.45, 7) is 2.23. The van der Waals surface area contributed by atoms with Crippen LogP contribution in [0.4, 0.5) is 4.79 Å². The van der Waals surface area contributed by atoms with Gasteiger partial charge in [0.1, 0.15) is 0 Å². The summed E-state index contributed by atoms with van der Waals surface area (Å²) < 4.78 is 5.44. The van der Waals surface area contributed by atoms with Crippen LogP contribution in [0.15, 0.2) is 30.3 Å². The van der Waals surface area contributed by atoms with E-state index >= 15 is 0 Å². The number of nitrogens with zero attached hydrogens (tertiary/aromatic N) is 1. The highest BCUT2D eigenvalue weighted by molar-refractivity contribution is 5.75. The van der Waals surface area contributed by atoms with E-state index in [1.807, 2.05) is 35.2 Å². The lowest BCUT2D eigenvalue weighted by molar-refractivity contribution is -0.137. The van der Waals surface area contributed by atoms with Crippen molar-refractivity contribution in [2.24, 2.45) is 5.92 Å². The Labute approximate surface area is 154 Å². The van der Waals surface area contributed by atoms with Crippen molar-refractivity contribution in [2.75, 3.05) is 19.8 Å². The third-order valence-corrected chi connectivity index (χ3v) is 5.09. The molecule has 2 amide bonds. The maximum absolute atomic E-state index is 12.9. The number of amides is 2. The monoisotopic (exact) mass is 360 g/mol. The van der Waals surface area contributed by atoms with Crippen LogP contribution in [0.1, 0.15) is 37.7 Å². The van der Waals surface area contributed by atoms with Crippen LogP contribution in [0, 0.1) is 5.92 Å². The summed E-state index contributed by atoms with van der Waals surface area (Å²) in [5.74, 6) is -0.424. The smallest absolute Gasteiger partial charge is 0.317 e. The highest BCUT2D eigenvalue weighted by Crippen LogP contribution is 2.29. The van der Waals surface area contributed by atoms with Gasteiger partial charge in [0.15, 0.2) is 0 Å². The minimum absolute atomic E-state index is 0.0532. The third kappa shape index (κ3) is 5.73. The summed E-state index contributed by atoms with van der Waals surface area (Å²) in [5.41, 5.74) is 1.10. The molecule has 26 heavy (non-hydrogen) atoms. The number of hydrogen-bond donors (Lipinski definition) is 2. The quantitative estimate of drug-likeness (QED) is 0.710. The van der Waals surface area contributed by atoms with Gasteiger partial charge in [0.05, 0.1) is 6.61 Å². The molecule has 2 N–H and O–H groups in total. The standard InChI is InChI=1S/C20H28N2O4/c23-19(24)9-6-17(12-15-4-2-1-3-5-15)21-20(25)22(18-7-8-18)13-16-10-11-26-14-16/h1-5,16-18H,6-14H2,(H,21,25)(H,23,24). The van der Waals surface area contributed by atoms with Gasteiger partial charge in [0, 0.05) is 37.6 Å². The van der Waals surface area contributed by atoms with E-state index in [4.69, 9.17) is 9.84 Å². The van der Waals surface area contributed by atoms with Gasteiger partial charge in [-0.3, -0.25) is 4.79 Å². The number of carboxylic acids is 1. The van der Waals surface area contributed by atoms with Crippen molar-refractivity contribution in [1.82, 2.24) is 10.2 Å². The van der Waals surface area contributed by atoms with Gasteiger partial charge in [-0.25, -0.2) is 4.79 Å². The highest BCUT2D eigenvalue weighted by atomic mass is 16.5. The van der Waals surface area contributed by atoms with Crippen molar-refractivity contribution in [3.8, 4) is 0 Å². The average Bonchev–Trinajstić information content (AvgIpc) is 3.34. The van der Waals surface area contributed by atoms with E-state index in [9.17, 15) is 9.59 Å². The molecule has 1 saturated carbocycles. The predicted molar refractivity (Wildman–Crippen MR) is 98.0 cm³/mol. The first-order valence-electron chi connectivity index (χ1n) is 9.52. The number of aliphatic carboxylic acids is 1. The molecule has 1 aromatic rings. The Morgan fingerprint density at radius 1 is 1.23 bits per heavy atom. The SMILES string of the molecule is O=C(O)CCC(Cc1ccccc1)NC(=O)N(CC1CCOC1)C1CC1. The van der Waals surface area contributed by atoms with Crippen molar-refractivity contribution in [3.63, 3.8) is 0 Å². The fourth-order valence-corrected chi connectivity index (χ4v) is 3.47. The van der Waals surface area contributed by atoms with E-state index in [0.717, 1.165) is 44.6 Å². The first-order chi connectivity index (χ1) is 12.6. The Morgan fingerprint density at radius 3 is 2.62 bits per heavy atom. The number of benzene rings is 1. The summed E-state index contributed by atoms with van der Waals surface area (Å²) in [6.07, 6.45) is 4.24. The molecule has 2 aliphatic rings. The van der Waals surface area contributed by atoms with Gasteiger partial charge in [0.2, 0.25) is 0 Å². The van der Waals surface area contributed by atoms with Crippen LogP contribution >= 0.6 is 0 Å². The molecule has 1 saturated heterocycles. The largest absolute Gasteiger partial charge is 0.481 e. The normalized spacial score (nSPS) is 20.5. The lowest BCUT2D eigenvalue weighted by Crippen LogP contribution is -2.48. The second-order valence-electron chi connectivity index (χ2n) is 7.38. The molecule has 1 aromatic carbocycles. The van der Waals surface area contributed by atoms with Gasteiger partial charge in [-0.05, 0) is 37.7 Å². The van der Waals surface area contributed by atoms with Crippen LogP contribution in [0.3, 0.4) is 0 Å². The fourth-order valence-electron chi connectivity index (χ4n) is 3.47. The van der Waals surface area contributed by atoms with E-state index in [2.05, 4.69) is 5.32 Å². The van der Waals surface area contributed by atoms with E-state index in [0.29, 0.717) is 24.8 Å². The topological polar surface area (TPSA) is 78.9 Å². The fraction of sp³-hybridized carbons (Fsp3) is 0.600. The van der Waals surface area contributed by atoms with Crippen molar-refractivity contribution < 1.29 is 19.4 Å². The zero-order valence-electron chi connectivity index (χ0n) is 15.1. The van der Waals surface area contributed by atoms with Crippen LogP contribution in [0.5, 0.6) is 0 Å². The molecule has 1 heterocycles. The molecule has 0 bridgehead atoms. The molecule has 3 rings (SSSR count). The summed E-state index contributed by atoms with van der Waals surface area (Å²) in [5, 5.41) is 12.1. The van der Waals surface area contributed by atoms with Gasteiger partial charge in [-0.1, -0.05) is 30.3 Å². The minimum Gasteiger partial charge on any atom is -0.481 e. The second-order valence-corrected chi connectivity index (χ2v) is 7.38. The van der Waals surface area contributed by atoms with Gasteiger partial charge in [-0.2, -0.15) is 0 Å². The summed E-state index contributed by atoms with van der Waals surface area (Å²) in [6, 6.07) is 9.97. The number of carbonyl (C=O) groups excluding carboxylic acids is 1. The summed E-state index contributed by atoms with van der Waals surface area (Å²) >= 11 is 0. The van der Waals surface area contributed by atoms with Crippen LogP contribution in [-0.2, 0) is 16.0 Å². The molecule has 0 spiro atoms. The highest BCUT2D eigenvalue weighted by Gasteiger charge is 2.35. The number of carbonyl (C=O) groups is 2. The van der Waals surface area contributed by atoms with Gasteiger partial charge >= 0.3 is 12.0 Å². The van der Waals surface area contributed by atoms with E-state index in [1.165, 1.54) is 0 Å². The number of ether oxygens (including phenoxy) is 1. The van der Waals surface area contributed by atoms with Crippen molar-refractivity contribution in [2.45, 2.75) is 50.6 Å². The molecule has 2 atom stereocenters. The van der Waals surface area contributed by atoms with Crippen LogP contribution in [-0.4, -0.2) is 53.8 Å². The zero-order valence-corrected chi connectivity index (χ0v) is 15.1. The third-order valence-electron chi connectivity index (χ3n) is 5.09. The number of urea groups is 1. The minimum atomic E-state index is -0.834. The molecular formula is C20H28N2O4. The van der Waals surface area contributed by atoms with Gasteiger partial charge in [-0.15, -0.1) is 0 Å². The molecule has 6 heteroatoms. The Hall–Kier alpha value is -2.08. The van der Waals surface area contributed by atoms with Gasteiger partial charge < -0.3 is 20.1 Å². The van der Waals surface area contributed by atoms with Crippen LogP contribution in [0.25, 0.3) is 0 Å². The average molecular weight is 360 g/mol. The van der Waals surface area contributed by atoms with E-state index < -0.39 is 5.97 Å². The Morgan fingerprint density at radius 2 is 2.00 bits per heavy atom. The lowest BCUT2D eigenvalue weighted by Gasteiger charge is -2.28. The number of rotatable bonds is 9. The molecular weight excluding hydrogens is 332 g/mol. The van der Waals surface area contributed by atoms with Gasteiger partial charge in [0.25, 0.3) is 0 Å². The molecule has 1 aliphatic carbocycles. The van der Waals surface area contributed by atoms with E-state index in [-0.39, 0.29) is 18.5 Å². The Kier molecular flexibility index (Phi) is 6.50. The predicted octanol–water partition coefficient (Wildman–Crippen LogP) is 2.67. The first kappa shape index (κ1) is 18.7. The van der Waals surface area contributed by atoms with Crippen LogP contribution in [0.2, 0.25) is 0 Å². The summed E-state index contributed by atoms with van der Waals surface area (Å²) in [7, 11) is 0. The molecule has 0 radical (unpaired) electrons. The molecule has 2 fully saturated rings. The Bertz CT molecular complexity index is 597. The van der Waals surface area contributed by atoms with E-state index in [1.54, 1.807) is 0 Å². The first-order valence-corrected chi connectivity index (χ1v) is 9.52. The maximum Gasteiger partial charge on any atom is 0.317 e. The molecule has 6 nitrogen and oxygen atoms in total. The van der Waals surface area contributed by atoms with Crippen molar-refractivity contribution in [1.29, 1.82) is 0 Å². The number of hydrogen-bond acceptors (Lipinski definition) is 3. The molecule has 142 valence electrons. The second kappa shape index (κ2) is 9.03. The number of nitrogens with one attached hydrogen (secondary N) is 1. The molecule has 1 aliphatic heterocycles. The lowest BCUT2D eigenvalue weighted by atomic mass is 10.0. The van der Waals surface area contributed by atoms with Crippen molar-refractivity contribution >= 4 is 12.0 Å². The maximum atomic E-state index is 12.9. The molecule has 2 unspecified atom stereocenters. The zero-order chi connectivity index (χ0) is 18.4. The summed E-state index contributed by atoms with van der Waals surface area (Å²) in [4.78, 5) is 25.8. The van der Waals surface area contributed by atoms with Crippen LogP contribution < -0.4 is 5.32 Å².